The summed E-state index contributed by atoms with van der Waals surface area (Å²) in [6.07, 6.45) is 5.23. The summed E-state index contributed by atoms with van der Waals surface area (Å²) in [4.78, 5) is 0. The first-order valence-electron chi connectivity index (χ1n) is 4.71. The first-order valence-corrected chi connectivity index (χ1v) is 4.71. The molecule has 0 fully saturated rings. The van der Waals surface area contributed by atoms with E-state index in [0.29, 0.717) is 0 Å². The fourth-order valence-corrected chi connectivity index (χ4v) is 1.30. The summed E-state index contributed by atoms with van der Waals surface area (Å²) in [6.45, 7) is 5.27. The van der Waals surface area contributed by atoms with Crippen LogP contribution in [-0.2, 0) is 6.54 Å². The van der Waals surface area contributed by atoms with Gasteiger partial charge in [-0.15, -0.1) is 0 Å². The third kappa shape index (κ3) is 2.74. The molecule has 0 bridgehead atoms. The maximum absolute atomic E-state index is 8.88. The summed E-state index contributed by atoms with van der Waals surface area (Å²) in [6, 6.07) is 4.10. The predicted octanol–water partition coefficient (Wildman–Crippen LogP) is 2.29. The molecule has 0 spiro atoms. The molecule has 2 nitrogen and oxygen atoms in total. The Morgan fingerprint density at radius 3 is 3.00 bits per heavy atom. The Hall–Kier alpha value is -1.02. The molecule has 72 valence electrons. The van der Waals surface area contributed by atoms with E-state index in [0.717, 1.165) is 18.5 Å². The summed E-state index contributed by atoms with van der Waals surface area (Å²) in [5.41, 5.74) is 2.17. The molecule has 13 heavy (non-hydrogen) atoms. The van der Waals surface area contributed by atoms with Crippen LogP contribution in [-0.4, -0.2) is 16.3 Å². The Morgan fingerprint density at radius 1 is 1.62 bits per heavy atom. The SMILES string of the molecule is CCCn1cccc1C=C(C)CO. The van der Waals surface area contributed by atoms with Crippen LogP contribution in [0.3, 0.4) is 0 Å². The van der Waals surface area contributed by atoms with E-state index in [-0.39, 0.29) is 6.61 Å². The molecule has 0 aliphatic carbocycles. The smallest absolute Gasteiger partial charge is 0.0642 e. The molecule has 0 amide bonds. The fourth-order valence-electron chi connectivity index (χ4n) is 1.30. The van der Waals surface area contributed by atoms with E-state index < -0.39 is 0 Å². The molecule has 2 heteroatoms. The van der Waals surface area contributed by atoms with E-state index in [1.165, 1.54) is 5.69 Å². The molecule has 0 aromatic carbocycles. The van der Waals surface area contributed by atoms with E-state index in [4.69, 9.17) is 5.11 Å². The molecule has 0 aliphatic rings. The molecule has 0 atom stereocenters. The second-order valence-electron chi connectivity index (χ2n) is 3.28. The lowest BCUT2D eigenvalue weighted by Gasteiger charge is -2.04. The van der Waals surface area contributed by atoms with E-state index in [2.05, 4.69) is 23.8 Å². The number of rotatable bonds is 4. The van der Waals surface area contributed by atoms with Gasteiger partial charge >= 0.3 is 0 Å². The van der Waals surface area contributed by atoms with Crippen LogP contribution in [0, 0.1) is 0 Å². The van der Waals surface area contributed by atoms with Gasteiger partial charge < -0.3 is 9.67 Å². The molecule has 0 saturated carbocycles. The van der Waals surface area contributed by atoms with Crippen molar-refractivity contribution in [2.24, 2.45) is 0 Å². The molecule has 1 N–H and O–H groups in total. The minimum absolute atomic E-state index is 0.136. The van der Waals surface area contributed by atoms with Crippen molar-refractivity contribution in [3.05, 3.63) is 29.6 Å². The number of hydrogen-bond donors (Lipinski definition) is 1. The van der Waals surface area contributed by atoms with Crippen molar-refractivity contribution < 1.29 is 5.11 Å². The molecular weight excluding hydrogens is 162 g/mol. The first-order chi connectivity index (χ1) is 6.27. The van der Waals surface area contributed by atoms with Crippen LogP contribution in [0.4, 0.5) is 0 Å². The molecule has 1 rings (SSSR count). The quantitative estimate of drug-likeness (QED) is 0.753. The van der Waals surface area contributed by atoms with Crippen LogP contribution >= 0.6 is 0 Å². The van der Waals surface area contributed by atoms with Crippen molar-refractivity contribution in [2.75, 3.05) is 6.61 Å². The van der Waals surface area contributed by atoms with Crippen molar-refractivity contribution in [1.29, 1.82) is 0 Å². The number of nitrogens with zero attached hydrogens (tertiary/aromatic N) is 1. The number of hydrogen-bond acceptors (Lipinski definition) is 1. The Labute approximate surface area is 79.5 Å². The summed E-state index contributed by atoms with van der Waals surface area (Å²) >= 11 is 0. The Bertz CT molecular complexity index is 286. The summed E-state index contributed by atoms with van der Waals surface area (Å²) < 4.78 is 2.19. The third-order valence-corrected chi connectivity index (χ3v) is 1.97. The Morgan fingerprint density at radius 2 is 2.38 bits per heavy atom. The first kappa shape index (κ1) is 10.1. The number of aromatic nitrogens is 1. The van der Waals surface area contributed by atoms with Gasteiger partial charge in [-0.1, -0.05) is 6.92 Å². The molecule has 0 radical (unpaired) electrons. The van der Waals surface area contributed by atoms with Crippen molar-refractivity contribution in [1.82, 2.24) is 4.57 Å². The van der Waals surface area contributed by atoms with Gasteiger partial charge in [0.05, 0.1) is 6.61 Å². The van der Waals surface area contributed by atoms with Crippen LogP contribution in [0.2, 0.25) is 0 Å². The molecule has 0 saturated heterocycles. The predicted molar refractivity (Wildman–Crippen MR) is 55.5 cm³/mol. The standard InChI is InChI=1S/C11H17NO/c1-3-6-12-7-4-5-11(12)8-10(2)9-13/h4-5,7-8,13H,3,6,9H2,1-2H3. The molecule has 0 aliphatic heterocycles. The summed E-state index contributed by atoms with van der Waals surface area (Å²) in [7, 11) is 0. The van der Waals surface area contributed by atoms with E-state index in [1.807, 2.05) is 19.1 Å². The van der Waals surface area contributed by atoms with E-state index in [1.54, 1.807) is 0 Å². The lowest BCUT2D eigenvalue weighted by atomic mass is 10.2. The minimum atomic E-state index is 0.136. The highest BCUT2D eigenvalue weighted by Crippen LogP contribution is 2.08. The lowest BCUT2D eigenvalue weighted by Crippen LogP contribution is -1.97. The molecule has 1 aromatic heterocycles. The highest BCUT2D eigenvalue weighted by molar-refractivity contribution is 5.49. The van der Waals surface area contributed by atoms with Crippen LogP contribution < -0.4 is 0 Å². The number of aliphatic hydroxyl groups is 1. The van der Waals surface area contributed by atoms with Gasteiger partial charge in [0.25, 0.3) is 0 Å². The zero-order valence-electron chi connectivity index (χ0n) is 8.33. The van der Waals surface area contributed by atoms with Gasteiger partial charge in [0, 0.05) is 18.4 Å². The van der Waals surface area contributed by atoms with Gasteiger partial charge in [-0.05, 0) is 37.1 Å². The van der Waals surface area contributed by atoms with Gasteiger partial charge in [-0.3, -0.25) is 0 Å². The second kappa shape index (κ2) is 4.87. The number of aliphatic hydroxyl groups excluding tert-OH is 1. The zero-order valence-corrected chi connectivity index (χ0v) is 8.33. The Balaban J connectivity index is 2.81. The van der Waals surface area contributed by atoms with Gasteiger partial charge in [0.15, 0.2) is 0 Å². The molecule has 1 aromatic rings. The van der Waals surface area contributed by atoms with E-state index >= 15 is 0 Å². The zero-order chi connectivity index (χ0) is 9.68. The second-order valence-corrected chi connectivity index (χ2v) is 3.28. The summed E-state index contributed by atoms with van der Waals surface area (Å²) in [5, 5.41) is 8.88. The summed E-state index contributed by atoms with van der Waals surface area (Å²) in [5.74, 6) is 0. The maximum atomic E-state index is 8.88. The number of aryl methyl sites for hydroxylation is 1. The van der Waals surface area contributed by atoms with Crippen molar-refractivity contribution in [2.45, 2.75) is 26.8 Å². The van der Waals surface area contributed by atoms with E-state index in [9.17, 15) is 0 Å². The highest BCUT2D eigenvalue weighted by atomic mass is 16.3. The average molecular weight is 179 g/mol. The minimum Gasteiger partial charge on any atom is -0.392 e. The third-order valence-electron chi connectivity index (χ3n) is 1.97. The molecule has 1 heterocycles. The normalized spacial score (nSPS) is 12.1. The average Bonchev–Trinajstić information content (AvgIpc) is 2.54. The monoisotopic (exact) mass is 179 g/mol. The van der Waals surface area contributed by atoms with Crippen molar-refractivity contribution >= 4 is 6.08 Å². The molecule has 0 unspecified atom stereocenters. The maximum Gasteiger partial charge on any atom is 0.0642 e. The lowest BCUT2D eigenvalue weighted by molar-refractivity contribution is 0.332. The topological polar surface area (TPSA) is 25.2 Å². The van der Waals surface area contributed by atoms with Gasteiger partial charge in [-0.2, -0.15) is 0 Å². The van der Waals surface area contributed by atoms with Crippen LogP contribution in [0.15, 0.2) is 23.9 Å². The van der Waals surface area contributed by atoms with Crippen LogP contribution in [0.25, 0.3) is 6.08 Å². The Kier molecular flexibility index (Phi) is 3.77. The molecular formula is C11H17NO. The fraction of sp³-hybridized carbons (Fsp3) is 0.455. The van der Waals surface area contributed by atoms with Crippen molar-refractivity contribution in [3.8, 4) is 0 Å². The van der Waals surface area contributed by atoms with Crippen molar-refractivity contribution in [3.63, 3.8) is 0 Å². The van der Waals surface area contributed by atoms with Gasteiger partial charge in [-0.25, -0.2) is 0 Å². The largest absolute Gasteiger partial charge is 0.392 e. The van der Waals surface area contributed by atoms with Crippen LogP contribution in [0.1, 0.15) is 26.0 Å². The van der Waals surface area contributed by atoms with Gasteiger partial charge in [0.2, 0.25) is 0 Å². The highest BCUT2D eigenvalue weighted by Gasteiger charge is 1.96. The van der Waals surface area contributed by atoms with Gasteiger partial charge in [0.1, 0.15) is 0 Å². The van der Waals surface area contributed by atoms with Crippen LogP contribution in [0.5, 0.6) is 0 Å².